The maximum atomic E-state index is 13.1. The van der Waals surface area contributed by atoms with Gasteiger partial charge < -0.3 is 33.8 Å². The fourth-order valence-corrected chi connectivity index (χ4v) is 13.8. The van der Waals surface area contributed by atoms with Gasteiger partial charge in [-0.15, -0.1) is 0 Å². The van der Waals surface area contributed by atoms with E-state index in [2.05, 4.69) is 72.8 Å². The van der Waals surface area contributed by atoms with Crippen LogP contribution >= 0.6 is 15.6 Å². The lowest BCUT2D eigenvalue weighted by atomic mass is 9.99. The van der Waals surface area contributed by atoms with Crippen LogP contribution in [0.5, 0.6) is 0 Å². The van der Waals surface area contributed by atoms with E-state index in [1.165, 1.54) is 199 Å². The number of carbonyl (C=O) groups is 4. The van der Waals surface area contributed by atoms with Crippen molar-refractivity contribution in [2.75, 3.05) is 39.6 Å². The van der Waals surface area contributed by atoms with Gasteiger partial charge in [-0.25, -0.2) is 9.13 Å². The smallest absolute Gasteiger partial charge is 0.462 e. The number of hydrogen-bond donors (Lipinski definition) is 3. The summed E-state index contributed by atoms with van der Waals surface area (Å²) in [7, 11) is -9.94. The van der Waals surface area contributed by atoms with Crippen molar-refractivity contribution in [3.05, 3.63) is 24.3 Å². The minimum absolute atomic E-state index is 0.101. The topological polar surface area (TPSA) is 237 Å². The zero-order valence-electron chi connectivity index (χ0n) is 66.6. The summed E-state index contributed by atoms with van der Waals surface area (Å²) in [6, 6.07) is 0. The van der Waals surface area contributed by atoms with Gasteiger partial charge in [0.1, 0.15) is 19.3 Å². The molecule has 0 fully saturated rings. The zero-order chi connectivity index (χ0) is 75.1. The van der Waals surface area contributed by atoms with E-state index >= 15 is 0 Å². The largest absolute Gasteiger partial charge is 0.472 e. The Balaban J connectivity index is 5.28. The summed E-state index contributed by atoms with van der Waals surface area (Å²) < 4.78 is 68.7. The number of hydrogen-bond acceptors (Lipinski definition) is 15. The van der Waals surface area contributed by atoms with E-state index in [4.69, 9.17) is 37.0 Å². The SMILES string of the molecule is CCCCCC/C=C\C=C/CCCCCCCC(=O)OC[C@H](COP(=O)(O)OC[C@@H](O)COP(=O)(O)OC[C@@H](COC(=O)CCCCCCCCCCC(C)CC)OC(=O)CCCCCCCCCCCCC(C)CC)OC(=O)CCCCCCCCCCCCCCCCCCCCC(C)C. The van der Waals surface area contributed by atoms with E-state index in [1.807, 2.05) is 0 Å². The molecule has 0 saturated carbocycles. The van der Waals surface area contributed by atoms with Gasteiger partial charge in [0, 0.05) is 25.7 Å². The summed E-state index contributed by atoms with van der Waals surface area (Å²) in [5.41, 5.74) is 0. The second kappa shape index (κ2) is 72.7. The Kier molecular flexibility index (Phi) is 71.0. The molecule has 0 saturated heterocycles. The highest BCUT2D eigenvalue weighted by molar-refractivity contribution is 7.47. The molecule has 0 amide bonds. The molecule has 3 N–H and O–H groups in total. The van der Waals surface area contributed by atoms with Crippen molar-refractivity contribution in [3.63, 3.8) is 0 Å². The molecule has 0 bridgehead atoms. The molecule has 19 heteroatoms. The summed E-state index contributed by atoms with van der Waals surface area (Å²) in [6.07, 6.45) is 64.5. The Morgan fingerprint density at radius 3 is 0.873 bits per heavy atom. The quantitative estimate of drug-likeness (QED) is 0.0169. The summed E-state index contributed by atoms with van der Waals surface area (Å²) in [5, 5.41) is 10.7. The third kappa shape index (κ3) is 73.1. The molecule has 0 aliphatic rings. The molecule has 0 aliphatic carbocycles. The van der Waals surface area contributed by atoms with Crippen LogP contribution in [0.25, 0.3) is 0 Å². The van der Waals surface area contributed by atoms with Crippen molar-refractivity contribution in [2.45, 2.75) is 426 Å². The molecule has 7 atom stereocenters. The van der Waals surface area contributed by atoms with E-state index in [9.17, 15) is 43.2 Å². The average molecular weight is 1490 g/mol. The maximum Gasteiger partial charge on any atom is 0.472 e. The van der Waals surface area contributed by atoms with Crippen LogP contribution in [0, 0.1) is 17.8 Å². The Morgan fingerprint density at radius 1 is 0.324 bits per heavy atom. The number of aliphatic hydroxyl groups is 1. The molecule has 602 valence electrons. The Morgan fingerprint density at radius 2 is 0.578 bits per heavy atom. The third-order valence-electron chi connectivity index (χ3n) is 19.5. The van der Waals surface area contributed by atoms with E-state index in [-0.39, 0.29) is 25.7 Å². The number of allylic oxidation sites excluding steroid dienone is 4. The van der Waals surface area contributed by atoms with Gasteiger partial charge in [0.2, 0.25) is 0 Å². The number of carbonyl (C=O) groups excluding carboxylic acids is 4. The van der Waals surface area contributed by atoms with Crippen LogP contribution in [0.15, 0.2) is 24.3 Å². The molecule has 0 heterocycles. The van der Waals surface area contributed by atoms with Crippen LogP contribution in [-0.4, -0.2) is 96.7 Å². The lowest BCUT2D eigenvalue weighted by Crippen LogP contribution is -2.30. The van der Waals surface area contributed by atoms with Crippen molar-refractivity contribution in [2.24, 2.45) is 17.8 Å². The third-order valence-corrected chi connectivity index (χ3v) is 21.4. The number of phosphoric acid groups is 2. The van der Waals surface area contributed by atoms with Gasteiger partial charge in [0.25, 0.3) is 0 Å². The van der Waals surface area contributed by atoms with Gasteiger partial charge in [0.15, 0.2) is 12.2 Å². The first-order valence-electron chi connectivity index (χ1n) is 42.2. The highest BCUT2D eigenvalue weighted by Crippen LogP contribution is 2.45. The second-order valence-electron chi connectivity index (χ2n) is 30.1. The Labute approximate surface area is 624 Å². The molecular weight excluding hydrogens is 1330 g/mol. The van der Waals surface area contributed by atoms with Gasteiger partial charge >= 0.3 is 39.5 Å². The van der Waals surface area contributed by atoms with Gasteiger partial charge in [0.05, 0.1) is 26.4 Å². The Hall–Kier alpha value is -2.46. The number of aliphatic hydroxyl groups excluding tert-OH is 1. The minimum Gasteiger partial charge on any atom is -0.462 e. The summed E-state index contributed by atoms with van der Waals surface area (Å²) >= 11 is 0. The van der Waals surface area contributed by atoms with Crippen LogP contribution in [-0.2, 0) is 65.4 Å². The molecule has 0 aromatic carbocycles. The van der Waals surface area contributed by atoms with Gasteiger partial charge in [-0.05, 0) is 69.1 Å². The molecule has 0 spiro atoms. The molecule has 0 rings (SSSR count). The van der Waals surface area contributed by atoms with Gasteiger partial charge in [-0.1, -0.05) is 355 Å². The van der Waals surface area contributed by atoms with Crippen molar-refractivity contribution in [3.8, 4) is 0 Å². The summed E-state index contributed by atoms with van der Waals surface area (Å²) in [4.78, 5) is 73.1. The predicted octanol–water partition coefficient (Wildman–Crippen LogP) is 24.5. The van der Waals surface area contributed by atoms with Crippen LogP contribution in [0.4, 0.5) is 0 Å². The highest BCUT2D eigenvalue weighted by atomic mass is 31.2. The monoisotopic (exact) mass is 1490 g/mol. The molecule has 0 radical (unpaired) electrons. The Bertz CT molecular complexity index is 2070. The fraction of sp³-hybridized carbons (Fsp3) is 0.904. The molecular formula is C83H158O17P2. The highest BCUT2D eigenvalue weighted by Gasteiger charge is 2.30. The number of esters is 4. The van der Waals surface area contributed by atoms with Crippen molar-refractivity contribution >= 4 is 39.5 Å². The predicted molar refractivity (Wildman–Crippen MR) is 418 cm³/mol. The number of unbranched alkanes of at least 4 members (excludes halogenated alkanes) is 42. The molecule has 0 aliphatic heterocycles. The van der Waals surface area contributed by atoms with Crippen LogP contribution < -0.4 is 0 Å². The first-order valence-corrected chi connectivity index (χ1v) is 45.2. The average Bonchev–Trinajstić information content (AvgIpc) is 0.916. The zero-order valence-corrected chi connectivity index (χ0v) is 68.4. The van der Waals surface area contributed by atoms with Gasteiger partial charge in [-0.3, -0.25) is 37.3 Å². The summed E-state index contributed by atoms with van der Waals surface area (Å²) in [6.45, 7) is 11.9. The minimum atomic E-state index is -4.97. The first kappa shape index (κ1) is 99.5. The maximum absolute atomic E-state index is 13.1. The fourth-order valence-electron chi connectivity index (χ4n) is 12.2. The van der Waals surface area contributed by atoms with Gasteiger partial charge in [-0.2, -0.15) is 0 Å². The standard InChI is InChI=1S/C83H158O17P2/c1-8-11-12-13-14-15-16-17-22-26-29-35-43-50-57-64-80(85)93-70-78(99-82(87)66-59-52-45-36-30-27-24-21-19-18-20-23-25-28-33-40-47-54-61-74(4)5)72-97-101(89,90)95-68-77(84)69-96-102(91,92)98-73-79(71-94-81(86)65-58-51-44-39-38-42-49-56-63-76(7)10-3)100-83(88)67-60-53-46-37-32-31-34-41-48-55-62-75(6)9-2/h15-17,22,74-79,84H,8-14,18-21,23-73H2,1-7H3,(H,89,90)(H,91,92)/b16-15-,22-17-/t75?,76?,77-,78-,79-/m1/s1. The van der Waals surface area contributed by atoms with Crippen LogP contribution in [0.3, 0.4) is 0 Å². The molecule has 4 unspecified atom stereocenters. The van der Waals surface area contributed by atoms with Crippen LogP contribution in [0.1, 0.15) is 408 Å². The number of ether oxygens (including phenoxy) is 4. The lowest BCUT2D eigenvalue weighted by Gasteiger charge is -2.21. The summed E-state index contributed by atoms with van der Waals surface area (Å²) in [5.74, 6) is 0.257. The first-order chi connectivity index (χ1) is 49.3. The molecule has 17 nitrogen and oxygen atoms in total. The second-order valence-corrected chi connectivity index (χ2v) is 33.0. The van der Waals surface area contributed by atoms with E-state index in [0.29, 0.717) is 25.7 Å². The van der Waals surface area contributed by atoms with E-state index < -0.39 is 97.5 Å². The molecule has 102 heavy (non-hydrogen) atoms. The molecule has 0 aromatic heterocycles. The lowest BCUT2D eigenvalue weighted by molar-refractivity contribution is -0.161. The van der Waals surface area contributed by atoms with Crippen molar-refractivity contribution in [1.29, 1.82) is 0 Å². The molecule has 0 aromatic rings. The van der Waals surface area contributed by atoms with Crippen molar-refractivity contribution < 1.29 is 80.2 Å². The number of phosphoric ester groups is 2. The van der Waals surface area contributed by atoms with E-state index in [0.717, 1.165) is 127 Å². The van der Waals surface area contributed by atoms with Crippen LogP contribution in [0.2, 0.25) is 0 Å². The van der Waals surface area contributed by atoms with E-state index in [1.54, 1.807) is 0 Å². The van der Waals surface area contributed by atoms with Crippen molar-refractivity contribution in [1.82, 2.24) is 0 Å². The number of rotatable bonds is 79. The normalized spacial score (nSPS) is 14.6.